The number of nitrogens with two attached hydrogens (primary N) is 1. The lowest BCUT2D eigenvalue weighted by molar-refractivity contribution is -0.384. The number of nitro groups is 1. The topological polar surface area (TPSA) is 119 Å². The minimum Gasteiger partial charge on any atom is -0.332 e. The number of anilines is 1. The molecule has 1 aromatic heterocycles. The van der Waals surface area contributed by atoms with E-state index in [9.17, 15) is 32.5 Å². The number of nitrogens with one attached hydrogen (secondary N) is 1. The van der Waals surface area contributed by atoms with E-state index in [1.165, 1.54) is 59.6 Å². The first kappa shape index (κ1) is 35.2. The number of nitro benzene ring substituents is 1. The third-order valence-electron chi connectivity index (χ3n) is 8.01. The summed E-state index contributed by atoms with van der Waals surface area (Å²) in [5, 5.41) is 13.8. The van der Waals surface area contributed by atoms with Crippen molar-refractivity contribution in [1.29, 1.82) is 0 Å². The molecule has 0 spiro atoms. The number of ketones is 1. The van der Waals surface area contributed by atoms with Crippen molar-refractivity contribution in [3.8, 4) is 0 Å². The van der Waals surface area contributed by atoms with Gasteiger partial charge in [-0.25, -0.2) is 9.37 Å². The zero-order valence-corrected chi connectivity index (χ0v) is 26.5. The van der Waals surface area contributed by atoms with E-state index in [2.05, 4.69) is 10.3 Å². The minimum atomic E-state index is -4.65. The fraction of sp³-hybridized carbons (Fsp3) is 0.303. The van der Waals surface area contributed by atoms with Crippen molar-refractivity contribution in [3.63, 3.8) is 0 Å². The van der Waals surface area contributed by atoms with Crippen molar-refractivity contribution in [2.75, 3.05) is 5.32 Å². The lowest BCUT2D eigenvalue weighted by Crippen LogP contribution is -2.55. The predicted octanol–water partition coefficient (Wildman–Crippen LogP) is 6.96. The first-order valence-corrected chi connectivity index (χ1v) is 15.2. The van der Waals surface area contributed by atoms with Crippen LogP contribution >= 0.6 is 12.2 Å². The maximum Gasteiger partial charge on any atom is 0.416 e. The van der Waals surface area contributed by atoms with Crippen LogP contribution in [0.2, 0.25) is 0 Å². The first-order chi connectivity index (χ1) is 22.3. The predicted molar refractivity (Wildman–Crippen MR) is 174 cm³/mol. The minimum absolute atomic E-state index is 0.0487. The van der Waals surface area contributed by atoms with Crippen molar-refractivity contribution in [1.82, 2.24) is 14.5 Å². The van der Waals surface area contributed by atoms with Crippen LogP contribution in [0.1, 0.15) is 42.7 Å². The van der Waals surface area contributed by atoms with E-state index in [0.717, 1.165) is 11.6 Å². The van der Waals surface area contributed by atoms with Gasteiger partial charge in [-0.05, 0) is 53.5 Å². The van der Waals surface area contributed by atoms with Gasteiger partial charge in [-0.1, -0.05) is 56.7 Å². The molecule has 3 atom stereocenters. The molecular weight excluding hydrogens is 636 g/mol. The third kappa shape index (κ3) is 8.98. The molecule has 0 fully saturated rings. The largest absolute Gasteiger partial charge is 0.416 e. The maximum absolute atomic E-state index is 14.1. The highest BCUT2D eigenvalue weighted by Crippen LogP contribution is 2.33. The molecule has 248 valence electrons. The molecule has 3 N–H and O–H groups in total. The van der Waals surface area contributed by atoms with E-state index in [1.54, 1.807) is 29.1 Å². The lowest BCUT2D eigenvalue weighted by atomic mass is 9.83. The Labute approximate surface area is 274 Å². The molecular formula is C33H34F4N6O3S. The van der Waals surface area contributed by atoms with Gasteiger partial charge in [0.1, 0.15) is 11.6 Å². The van der Waals surface area contributed by atoms with Gasteiger partial charge in [0.15, 0.2) is 5.11 Å². The number of halogens is 4. The fourth-order valence-electron chi connectivity index (χ4n) is 5.34. The van der Waals surface area contributed by atoms with E-state index in [0.29, 0.717) is 18.7 Å². The number of Topliss-reactive ketones (excluding diaryl/α,β-unsaturated/α-hetero) is 1. The number of imidazole rings is 1. The summed E-state index contributed by atoms with van der Waals surface area (Å²) < 4.78 is 57.7. The molecule has 0 saturated carbocycles. The Hall–Kier alpha value is -4.69. The molecule has 14 heteroatoms. The maximum atomic E-state index is 14.1. The number of aromatic nitrogens is 2. The van der Waals surface area contributed by atoms with Crippen LogP contribution in [0.3, 0.4) is 0 Å². The molecule has 4 aromatic rings. The normalized spacial score (nSPS) is 13.4. The molecule has 1 unspecified atom stereocenters. The second kappa shape index (κ2) is 15.3. The van der Waals surface area contributed by atoms with Crippen LogP contribution in [-0.4, -0.2) is 36.4 Å². The summed E-state index contributed by atoms with van der Waals surface area (Å²) in [6, 6.07) is 16.5. The molecule has 3 aromatic carbocycles. The number of rotatable bonds is 13. The van der Waals surface area contributed by atoms with Crippen LogP contribution in [0.15, 0.2) is 85.3 Å². The van der Waals surface area contributed by atoms with Gasteiger partial charge in [0.2, 0.25) is 0 Å². The van der Waals surface area contributed by atoms with E-state index in [-0.39, 0.29) is 46.7 Å². The van der Waals surface area contributed by atoms with E-state index in [1.807, 2.05) is 13.8 Å². The summed E-state index contributed by atoms with van der Waals surface area (Å²) in [4.78, 5) is 30.1. The zero-order valence-electron chi connectivity index (χ0n) is 25.7. The standard InChI is InChI=1S/C33H34F4N6O3S/c1-3-21(2)30(29(44)16-27-17-39-20-41(27)18-22-11-13-26(14-12-22)43(45)46)31(38)42(32(47)40-25-9-6-8-24(34)15-25)19-23-7-4-5-10-28(23)33(35,36)37/h4-15,17,20-21,30-31H,3,16,18-19,38H2,1-2H3,(H,40,47)/t21-,30+,31?/m0/s1. The summed E-state index contributed by atoms with van der Waals surface area (Å²) in [7, 11) is 0. The number of carbonyl (C=O) groups excluding carboxylic acids is 1. The molecule has 1 heterocycles. The summed E-state index contributed by atoms with van der Waals surface area (Å²) in [5.74, 6) is -2.01. The van der Waals surface area contributed by atoms with Crippen molar-refractivity contribution >= 4 is 34.5 Å². The Balaban J connectivity index is 1.65. The van der Waals surface area contributed by atoms with Crippen LogP contribution in [0, 0.1) is 27.8 Å². The SMILES string of the molecule is CC[C@H](C)[C@H](C(=O)Cc1cncn1Cc1ccc([N+](=O)[O-])cc1)C(N)N(Cc1ccccc1C(F)(F)F)C(=S)Nc1cccc(F)c1. The molecule has 9 nitrogen and oxygen atoms in total. The Morgan fingerprint density at radius 3 is 2.47 bits per heavy atom. The molecule has 0 aliphatic rings. The monoisotopic (exact) mass is 670 g/mol. The van der Waals surface area contributed by atoms with Gasteiger partial charge in [0.05, 0.1) is 28.9 Å². The van der Waals surface area contributed by atoms with E-state index >= 15 is 0 Å². The Morgan fingerprint density at radius 2 is 1.83 bits per heavy atom. The van der Waals surface area contributed by atoms with Crippen molar-refractivity contribution in [2.45, 2.75) is 52.1 Å². The first-order valence-electron chi connectivity index (χ1n) is 14.8. The number of benzene rings is 3. The molecule has 4 rings (SSSR count). The summed E-state index contributed by atoms with van der Waals surface area (Å²) >= 11 is 5.64. The molecule has 0 aliphatic carbocycles. The van der Waals surface area contributed by atoms with Crippen LogP contribution in [0.4, 0.5) is 28.9 Å². The number of non-ortho nitro benzene ring substituents is 1. The van der Waals surface area contributed by atoms with E-state index < -0.39 is 34.6 Å². The summed E-state index contributed by atoms with van der Waals surface area (Å²) in [6.45, 7) is 3.63. The number of thiocarbonyl (C=S) groups is 1. The molecule has 0 saturated heterocycles. The molecule has 0 aliphatic heterocycles. The highest BCUT2D eigenvalue weighted by molar-refractivity contribution is 7.80. The summed E-state index contributed by atoms with van der Waals surface area (Å²) in [5.41, 5.74) is 7.36. The third-order valence-corrected chi connectivity index (χ3v) is 8.35. The number of nitrogens with zero attached hydrogens (tertiary/aromatic N) is 4. The number of hydrogen-bond donors (Lipinski definition) is 2. The van der Waals surface area contributed by atoms with Gasteiger partial charge in [0.25, 0.3) is 5.69 Å². The van der Waals surface area contributed by atoms with E-state index in [4.69, 9.17) is 18.0 Å². The second-order valence-corrected chi connectivity index (χ2v) is 11.6. The Bertz CT molecular complexity index is 1710. The van der Waals surface area contributed by atoms with Crippen LogP contribution < -0.4 is 11.1 Å². The van der Waals surface area contributed by atoms with Gasteiger partial charge >= 0.3 is 6.18 Å². The van der Waals surface area contributed by atoms with Crippen LogP contribution in [0.5, 0.6) is 0 Å². The van der Waals surface area contributed by atoms with Crippen LogP contribution in [0.25, 0.3) is 0 Å². The number of hydrogen-bond acceptors (Lipinski definition) is 6. The molecule has 0 bridgehead atoms. The quantitative estimate of drug-likeness (QED) is 0.0516. The fourth-order valence-corrected chi connectivity index (χ4v) is 5.64. The van der Waals surface area contributed by atoms with Gasteiger partial charge in [-0.2, -0.15) is 13.2 Å². The number of alkyl halides is 3. The molecule has 0 radical (unpaired) electrons. The zero-order chi connectivity index (χ0) is 34.3. The molecule has 0 amide bonds. The molecule has 47 heavy (non-hydrogen) atoms. The van der Waals surface area contributed by atoms with Crippen molar-refractivity contribution in [3.05, 3.63) is 124 Å². The lowest BCUT2D eigenvalue weighted by Gasteiger charge is -2.38. The average molecular weight is 671 g/mol. The average Bonchev–Trinajstić information content (AvgIpc) is 3.45. The Morgan fingerprint density at radius 1 is 1.13 bits per heavy atom. The van der Waals surface area contributed by atoms with Gasteiger partial charge in [-0.15, -0.1) is 0 Å². The van der Waals surface area contributed by atoms with Gasteiger partial charge in [-0.3, -0.25) is 14.9 Å². The van der Waals surface area contributed by atoms with Crippen LogP contribution in [-0.2, 0) is 30.5 Å². The summed E-state index contributed by atoms with van der Waals surface area (Å²) in [6.07, 6.45) is -2.30. The smallest absolute Gasteiger partial charge is 0.332 e. The second-order valence-electron chi connectivity index (χ2n) is 11.2. The van der Waals surface area contributed by atoms with Gasteiger partial charge < -0.3 is 20.5 Å². The highest BCUT2D eigenvalue weighted by Gasteiger charge is 2.38. The highest BCUT2D eigenvalue weighted by atomic mass is 32.1. The van der Waals surface area contributed by atoms with Crippen molar-refractivity contribution in [2.24, 2.45) is 17.6 Å². The van der Waals surface area contributed by atoms with Gasteiger partial charge in [0, 0.05) is 49.2 Å². The Kier molecular flexibility index (Phi) is 11.4. The van der Waals surface area contributed by atoms with Crippen molar-refractivity contribution < 1.29 is 27.3 Å². The number of carbonyl (C=O) groups is 1.